The lowest BCUT2D eigenvalue weighted by molar-refractivity contribution is -0.130. The number of pyridine rings is 1. The van der Waals surface area contributed by atoms with Gasteiger partial charge in [-0.25, -0.2) is 8.42 Å². The smallest absolute Gasteiger partial charge is 0.235 e. The van der Waals surface area contributed by atoms with Crippen LogP contribution in [0.5, 0.6) is 5.75 Å². The molecule has 1 amide bonds. The monoisotopic (exact) mass is 448 g/mol. The van der Waals surface area contributed by atoms with Crippen LogP contribution in [-0.2, 0) is 14.6 Å². The number of aromatic nitrogens is 3. The second kappa shape index (κ2) is 7.73. The molecule has 3 heterocycles. The molecule has 1 aliphatic heterocycles. The molecule has 2 atom stereocenters. The first kappa shape index (κ1) is 20.9. The van der Waals surface area contributed by atoms with Gasteiger partial charge in [-0.3, -0.25) is 9.20 Å². The summed E-state index contributed by atoms with van der Waals surface area (Å²) in [5.74, 6) is 0.779. The van der Waals surface area contributed by atoms with Crippen molar-refractivity contribution >= 4 is 44.1 Å². The van der Waals surface area contributed by atoms with E-state index in [-0.39, 0.29) is 23.5 Å². The molecule has 0 bridgehead atoms. The molecule has 4 rings (SSSR count). The third-order valence-corrected chi connectivity index (χ3v) is 8.39. The van der Waals surface area contributed by atoms with Gasteiger partial charge in [-0.15, -0.1) is 10.2 Å². The largest absolute Gasteiger partial charge is 0.497 e. The number of carbonyl (C=O) groups is 1. The fourth-order valence-electron chi connectivity index (χ4n) is 3.86. The first-order valence-corrected chi connectivity index (χ1v) is 12.4. The minimum absolute atomic E-state index is 0.0319. The average molecular weight is 449 g/mol. The number of hydrogen-bond acceptors (Lipinski definition) is 7. The highest BCUT2D eigenvalue weighted by atomic mass is 32.2. The Bertz CT molecular complexity index is 1240. The Labute approximate surface area is 179 Å². The van der Waals surface area contributed by atoms with Crippen LogP contribution in [0.4, 0.5) is 0 Å². The molecule has 0 spiro atoms. The Kier molecular flexibility index (Phi) is 5.39. The number of fused-ring (bicyclic) bond motifs is 3. The molecule has 1 fully saturated rings. The zero-order chi connectivity index (χ0) is 21.6. The predicted molar refractivity (Wildman–Crippen MR) is 117 cm³/mol. The van der Waals surface area contributed by atoms with Gasteiger partial charge < -0.3 is 9.64 Å². The number of aryl methyl sites for hydroxylation is 1. The lowest BCUT2D eigenvalue weighted by atomic mass is 10.1. The van der Waals surface area contributed by atoms with Gasteiger partial charge in [0.2, 0.25) is 5.91 Å². The van der Waals surface area contributed by atoms with E-state index in [2.05, 4.69) is 10.2 Å². The van der Waals surface area contributed by atoms with E-state index in [0.29, 0.717) is 17.2 Å². The van der Waals surface area contributed by atoms with Crippen molar-refractivity contribution in [1.29, 1.82) is 0 Å². The number of thioether (sulfide) groups is 1. The van der Waals surface area contributed by atoms with Gasteiger partial charge in [-0.2, -0.15) is 0 Å². The zero-order valence-electron chi connectivity index (χ0n) is 17.3. The molecular formula is C20H24N4O4S2. The molecule has 10 heteroatoms. The van der Waals surface area contributed by atoms with Crippen LogP contribution >= 0.6 is 11.8 Å². The van der Waals surface area contributed by atoms with Crippen molar-refractivity contribution < 1.29 is 17.9 Å². The third-order valence-electron chi connectivity index (χ3n) is 5.61. The Morgan fingerprint density at radius 2 is 2.10 bits per heavy atom. The normalized spacial score (nSPS) is 19.3. The Morgan fingerprint density at radius 3 is 2.77 bits per heavy atom. The van der Waals surface area contributed by atoms with Crippen molar-refractivity contribution in [2.24, 2.45) is 0 Å². The van der Waals surface area contributed by atoms with Gasteiger partial charge in [0.1, 0.15) is 5.75 Å². The van der Waals surface area contributed by atoms with Crippen LogP contribution < -0.4 is 4.74 Å². The molecule has 0 aliphatic carbocycles. The van der Waals surface area contributed by atoms with Crippen LogP contribution in [0.25, 0.3) is 16.6 Å². The summed E-state index contributed by atoms with van der Waals surface area (Å²) in [6.45, 7) is 3.83. The number of hydrogen-bond donors (Lipinski definition) is 0. The minimum Gasteiger partial charge on any atom is -0.497 e. The quantitative estimate of drug-likeness (QED) is 0.553. The van der Waals surface area contributed by atoms with Gasteiger partial charge in [-0.05, 0) is 44.0 Å². The molecular weight excluding hydrogens is 424 g/mol. The van der Waals surface area contributed by atoms with Crippen molar-refractivity contribution in [2.75, 3.05) is 25.7 Å². The number of ether oxygens (including phenoxy) is 1. The average Bonchev–Trinajstić information content (AvgIpc) is 3.29. The van der Waals surface area contributed by atoms with Gasteiger partial charge >= 0.3 is 0 Å². The highest BCUT2D eigenvalue weighted by molar-refractivity contribution is 8.00. The maximum atomic E-state index is 13.0. The van der Waals surface area contributed by atoms with Gasteiger partial charge in [0.05, 0.1) is 29.4 Å². The first-order valence-electron chi connectivity index (χ1n) is 9.66. The number of carbonyl (C=O) groups excluding carboxylic acids is 1. The molecule has 3 aromatic rings. The number of rotatable bonds is 5. The molecule has 2 unspecified atom stereocenters. The molecule has 0 saturated carbocycles. The second-order valence-corrected chi connectivity index (χ2v) is 11.2. The summed E-state index contributed by atoms with van der Waals surface area (Å²) in [5.41, 5.74) is 2.69. The van der Waals surface area contributed by atoms with Crippen LogP contribution in [0, 0.1) is 6.92 Å². The second-order valence-electron chi connectivity index (χ2n) is 7.65. The van der Waals surface area contributed by atoms with Crippen molar-refractivity contribution in [3.8, 4) is 5.75 Å². The summed E-state index contributed by atoms with van der Waals surface area (Å²) in [4.78, 5) is 14.5. The standard InChI is InChI=1S/C20H24N4O4S2/c1-12-9-18-21-22-20(24(18)17-10-15(28-4)5-6-16(12)17)29-13(2)19(25)23(3)14-7-8-30(26,27)11-14/h5-6,9-10,13-14H,7-8,11H2,1-4H3. The fraction of sp³-hybridized carbons (Fsp3) is 0.450. The summed E-state index contributed by atoms with van der Waals surface area (Å²) >= 11 is 1.32. The molecule has 30 heavy (non-hydrogen) atoms. The van der Waals surface area contributed by atoms with Crippen molar-refractivity contribution in [1.82, 2.24) is 19.5 Å². The summed E-state index contributed by atoms with van der Waals surface area (Å²) < 4.78 is 30.9. The van der Waals surface area contributed by atoms with Gasteiger partial charge in [-0.1, -0.05) is 11.8 Å². The van der Waals surface area contributed by atoms with Crippen molar-refractivity contribution in [2.45, 2.75) is 36.7 Å². The van der Waals surface area contributed by atoms with E-state index in [1.807, 2.05) is 42.5 Å². The maximum Gasteiger partial charge on any atom is 0.235 e. The van der Waals surface area contributed by atoms with Gasteiger partial charge in [0.15, 0.2) is 20.6 Å². The summed E-state index contributed by atoms with van der Waals surface area (Å²) in [6, 6.07) is 7.54. The molecule has 8 nitrogen and oxygen atoms in total. The molecule has 1 aliphatic rings. The summed E-state index contributed by atoms with van der Waals surface area (Å²) in [5, 5.41) is 9.82. The highest BCUT2D eigenvalue weighted by Crippen LogP contribution is 2.31. The van der Waals surface area contributed by atoms with E-state index in [0.717, 1.165) is 22.2 Å². The number of nitrogens with zero attached hydrogens (tertiary/aromatic N) is 4. The fourth-order valence-corrected chi connectivity index (χ4v) is 6.60. The minimum atomic E-state index is -3.05. The SMILES string of the molecule is COc1ccc2c(C)cc3nnc(SC(C)C(=O)N(C)C4CCS(=O)(=O)C4)n3c2c1. The Morgan fingerprint density at radius 1 is 1.33 bits per heavy atom. The molecule has 0 radical (unpaired) electrons. The van der Waals surface area contributed by atoms with Crippen LogP contribution in [0.2, 0.25) is 0 Å². The lowest BCUT2D eigenvalue weighted by Gasteiger charge is -2.26. The van der Waals surface area contributed by atoms with Crippen LogP contribution in [0.1, 0.15) is 18.9 Å². The van der Waals surface area contributed by atoms with Crippen molar-refractivity contribution in [3.05, 3.63) is 29.8 Å². The number of benzene rings is 1. The summed E-state index contributed by atoms with van der Waals surface area (Å²) in [6.07, 6.45) is 0.486. The number of methoxy groups -OCH3 is 1. The molecule has 160 valence electrons. The van der Waals surface area contributed by atoms with E-state index in [1.165, 1.54) is 11.8 Å². The van der Waals surface area contributed by atoms with Crippen molar-refractivity contribution in [3.63, 3.8) is 0 Å². The number of amides is 1. The van der Waals surface area contributed by atoms with Crippen LogP contribution in [0.3, 0.4) is 0 Å². The van der Waals surface area contributed by atoms with E-state index in [1.54, 1.807) is 19.1 Å². The van der Waals surface area contributed by atoms with E-state index < -0.39 is 15.1 Å². The number of sulfone groups is 1. The molecule has 1 aromatic carbocycles. The van der Waals surface area contributed by atoms with Gasteiger partial charge in [0.25, 0.3) is 0 Å². The van der Waals surface area contributed by atoms with E-state index in [9.17, 15) is 13.2 Å². The van der Waals surface area contributed by atoms with E-state index in [4.69, 9.17) is 4.74 Å². The first-order chi connectivity index (χ1) is 14.2. The van der Waals surface area contributed by atoms with E-state index >= 15 is 0 Å². The topological polar surface area (TPSA) is 93.9 Å². The summed E-state index contributed by atoms with van der Waals surface area (Å²) in [7, 11) is 0.245. The third kappa shape index (κ3) is 3.74. The highest BCUT2D eigenvalue weighted by Gasteiger charge is 2.34. The molecule has 2 aromatic heterocycles. The van der Waals surface area contributed by atoms with Crippen LogP contribution in [0.15, 0.2) is 29.4 Å². The Hall–Kier alpha value is -2.33. The zero-order valence-corrected chi connectivity index (χ0v) is 19.0. The molecule has 0 N–H and O–H groups in total. The van der Waals surface area contributed by atoms with Gasteiger partial charge in [0, 0.05) is 24.5 Å². The maximum absolute atomic E-state index is 13.0. The predicted octanol–water partition coefficient (Wildman–Crippen LogP) is 2.33. The van der Waals surface area contributed by atoms with Crippen LogP contribution in [-0.4, -0.2) is 70.8 Å². The molecule has 1 saturated heterocycles. The Balaban J connectivity index is 1.65. The lowest BCUT2D eigenvalue weighted by Crippen LogP contribution is -2.41.